The number of nitrogens with two attached hydrogens (primary N) is 1. The van der Waals surface area contributed by atoms with Crippen LogP contribution < -0.4 is 11.2 Å². The lowest BCUT2D eigenvalue weighted by Gasteiger charge is -2.04. The highest BCUT2D eigenvalue weighted by Crippen LogP contribution is 2.14. The molecular formula is C14H15N3O3S2. The van der Waals surface area contributed by atoms with Gasteiger partial charge in [0.2, 0.25) is 0 Å². The summed E-state index contributed by atoms with van der Waals surface area (Å²) in [5, 5.41) is 3.64. The molecule has 3 N–H and O–H groups in total. The Morgan fingerprint density at radius 1 is 1.23 bits per heavy atom. The average molecular weight is 337 g/mol. The van der Waals surface area contributed by atoms with E-state index in [1.807, 2.05) is 13.0 Å². The molecule has 0 saturated heterocycles. The molecular weight excluding hydrogens is 322 g/mol. The molecule has 0 aliphatic heterocycles. The summed E-state index contributed by atoms with van der Waals surface area (Å²) in [4.78, 5) is 13.4. The number of benzene rings is 1. The van der Waals surface area contributed by atoms with Crippen LogP contribution in [-0.4, -0.2) is 25.9 Å². The number of carbonyl (C=O) groups is 1. The number of hydrazone groups is 1. The lowest BCUT2D eigenvalue weighted by Crippen LogP contribution is -2.28. The molecule has 116 valence electrons. The molecule has 0 bridgehead atoms. The van der Waals surface area contributed by atoms with E-state index in [-0.39, 0.29) is 10.7 Å². The van der Waals surface area contributed by atoms with Crippen molar-refractivity contribution in [3.8, 4) is 0 Å². The van der Waals surface area contributed by atoms with Crippen LogP contribution >= 0.6 is 11.3 Å². The van der Waals surface area contributed by atoms with Crippen molar-refractivity contribution in [2.45, 2.75) is 11.8 Å². The van der Waals surface area contributed by atoms with Gasteiger partial charge in [0.05, 0.1) is 9.77 Å². The maximum absolute atomic E-state index is 12.1. The maximum Gasteiger partial charge on any atom is 0.281 e. The van der Waals surface area contributed by atoms with Gasteiger partial charge in [0, 0.05) is 4.88 Å². The topological polar surface area (TPSA) is 102 Å². The SMILES string of the molecule is Cc1ccc(C(=O)NN=C(N)CS(=O)(=O)c2ccccc2)s1. The van der Waals surface area contributed by atoms with Crippen LogP contribution in [0.3, 0.4) is 0 Å². The van der Waals surface area contributed by atoms with Crippen LogP contribution in [0.25, 0.3) is 0 Å². The Kier molecular flexibility index (Phi) is 4.94. The monoisotopic (exact) mass is 337 g/mol. The quantitative estimate of drug-likeness (QED) is 0.491. The zero-order chi connectivity index (χ0) is 16.2. The summed E-state index contributed by atoms with van der Waals surface area (Å²) in [5.41, 5.74) is 7.84. The molecule has 0 aliphatic rings. The molecule has 0 saturated carbocycles. The number of thiophene rings is 1. The number of amides is 1. The molecule has 6 nitrogen and oxygen atoms in total. The highest BCUT2D eigenvalue weighted by Gasteiger charge is 2.16. The van der Waals surface area contributed by atoms with Gasteiger partial charge < -0.3 is 5.73 Å². The summed E-state index contributed by atoms with van der Waals surface area (Å²) in [6, 6.07) is 11.4. The predicted molar refractivity (Wildman–Crippen MR) is 86.6 cm³/mol. The molecule has 0 spiro atoms. The Balaban J connectivity index is 2.03. The van der Waals surface area contributed by atoms with Crippen molar-refractivity contribution in [2.24, 2.45) is 10.8 Å². The molecule has 0 unspecified atom stereocenters. The molecule has 1 amide bonds. The van der Waals surface area contributed by atoms with Crippen LogP contribution in [0, 0.1) is 6.92 Å². The average Bonchev–Trinajstić information content (AvgIpc) is 2.92. The summed E-state index contributed by atoms with van der Waals surface area (Å²) < 4.78 is 24.2. The number of hydrogen-bond acceptors (Lipinski definition) is 5. The highest BCUT2D eigenvalue weighted by atomic mass is 32.2. The maximum atomic E-state index is 12.1. The second-order valence-electron chi connectivity index (χ2n) is 4.53. The van der Waals surface area contributed by atoms with Crippen molar-refractivity contribution in [1.82, 2.24) is 5.43 Å². The van der Waals surface area contributed by atoms with Gasteiger partial charge in [-0.2, -0.15) is 5.10 Å². The summed E-state index contributed by atoms with van der Waals surface area (Å²) in [5.74, 6) is -1.05. The lowest BCUT2D eigenvalue weighted by atomic mass is 10.4. The number of sulfone groups is 1. The smallest absolute Gasteiger partial charge is 0.281 e. The van der Waals surface area contributed by atoms with Crippen LogP contribution in [0.5, 0.6) is 0 Å². The Labute approximate surface area is 132 Å². The minimum Gasteiger partial charge on any atom is -0.385 e. The zero-order valence-electron chi connectivity index (χ0n) is 11.8. The fraction of sp³-hybridized carbons (Fsp3) is 0.143. The predicted octanol–water partition coefficient (Wildman–Crippen LogP) is 1.53. The van der Waals surface area contributed by atoms with E-state index in [2.05, 4.69) is 10.5 Å². The van der Waals surface area contributed by atoms with Gasteiger partial charge in [0.25, 0.3) is 5.91 Å². The van der Waals surface area contributed by atoms with Crippen LogP contribution in [0.2, 0.25) is 0 Å². The molecule has 22 heavy (non-hydrogen) atoms. The Bertz CT molecular complexity index is 796. The van der Waals surface area contributed by atoms with Crippen molar-refractivity contribution in [1.29, 1.82) is 0 Å². The Hall–Kier alpha value is -2.19. The normalized spacial score (nSPS) is 12.1. The van der Waals surface area contributed by atoms with Gasteiger partial charge in [-0.15, -0.1) is 11.3 Å². The molecule has 0 radical (unpaired) electrons. The van der Waals surface area contributed by atoms with Gasteiger partial charge in [0.15, 0.2) is 9.84 Å². The van der Waals surface area contributed by atoms with Crippen molar-refractivity contribution < 1.29 is 13.2 Å². The van der Waals surface area contributed by atoms with Crippen molar-refractivity contribution in [3.63, 3.8) is 0 Å². The van der Waals surface area contributed by atoms with E-state index in [9.17, 15) is 13.2 Å². The van der Waals surface area contributed by atoms with Crippen molar-refractivity contribution >= 4 is 32.9 Å². The third kappa shape index (κ3) is 4.15. The number of hydrogen-bond donors (Lipinski definition) is 2. The van der Waals surface area contributed by atoms with E-state index in [4.69, 9.17) is 5.73 Å². The molecule has 1 aromatic carbocycles. The molecule has 1 aromatic heterocycles. The van der Waals surface area contributed by atoms with E-state index in [0.717, 1.165) is 4.88 Å². The van der Waals surface area contributed by atoms with Gasteiger partial charge in [-0.25, -0.2) is 13.8 Å². The number of nitrogens with one attached hydrogen (secondary N) is 1. The largest absolute Gasteiger partial charge is 0.385 e. The number of nitrogens with zero attached hydrogens (tertiary/aromatic N) is 1. The van der Waals surface area contributed by atoms with E-state index in [1.165, 1.54) is 23.5 Å². The van der Waals surface area contributed by atoms with Crippen LogP contribution in [0.1, 0.15) is 14.5 Å². The summed E-state index contributed by atoms with van der Waals surface area (Å²) in [6.07, 6.45) is 0. The molecule has 0 fully saturated rings. The third-order valence-corrected chi connectivity index (χ3v) is 5.37. The first-order chi connectivity index (χ1) is 10.4. The molecule has 0 atom stereocenters. The van der Waals surface area contributed by atoms with Crippen LogP contribution in [0.15, 0.2) is 52.5 Å². The molecule has 8 heteroatoms. The standard InChI is InChI=1S/C14H15N3O3S2/c1-10-7-8-12(21-10)14(18)17-16-13(15)9-22(19,20)11-5-3-2-4-6-11/h2-8H,9H2,1H3,(H2,15,16)(H,17,18). The Morgan fingerprint density at radius 2 is 1.91 bits per heavy atom. The van der Waals surface area contributed by atoms with Gasteiger partial charge >= 0.3 is 0 Å². The van der Waals surface area contributed by atoms with Crippen molar-refractivity contribution in [3.05, 3.63) is 52.2 Å². The first-order valence-corrected chi connectivity index (χ1v) is 8.82. The van der Waals surface area contributed by atoms with E-state index >= 15 is 0 Å². The number of rotatable bonds is 5. The fourth-order valence-corrected chi connectivity index (χ4v) is 3.62. The summed E-state index contributed by atoms with van der Waals surface area (Å²) in [6.45, 7) is 1.88. The number of amidine groups is 1. The zero-order valence-corrected chi connectivity index (χ0v) is 13.4. The van der Waals surface area contributed by atoms with E-state index in [1.54, 1.807) is 24.3 Å². The van der Waals surface area contributed by atoms with Crippen LogP contribution in [0.4, 0.5) is 0 Å². The van der Waals surface area contributed by atoms with E-state index in [0.29, 0.717) is 4.88 Å². The second-order valence-corrected chi connectivity index (χ2v) is 7.80. The number of aryl methyl sites for hydroxylation is 1. The third-order valence-electron chi connectivity index (χ3n) is 2.71. The first kappa shape index (κ1) is 16.2. The number of carbonyl (C=O) groups excluding carboxylic acids is 1. The minimum atomic E-state index is -3.57. The second kappa shape index (κ2) is 6.71. The molecule has 0 aliphatic carbocycles. The molecule has 1 heterocycles. The van der Waals surface area contributed by atoms with Crippen LogP contribution in [-0.2, 0) is 9.84 Å². The first-order valence-electron chi connectivity index (χ1n) is 6.35. The van der Waals surface area contributed by atoms with Crippen molar-refractivity contribution in [2.75, 3.05) is 5.75 Å². The summed E-state index contributed by atoms with van der Waals surface area (Å²) >= 11 is 1.32. The van der Waals surface area contributed by atoms with Gasteiger partial charge in [-0.3, -0.25) is 4.79 Å². The summed E-state index contributed by atoms with van der Waals surface area (Å²) in [7, 11) is -3.57. The minimum absolute atomic E-state index is 0.161. The van der Waals surface area contributed by atoms with Gasteiger partial charge in [-0.05, 0) is 31.2 Å². The van der Waals surface area contributed by atoms with Gasteiger partial charge in [-0.1, -0.05) is 18.2 Å². The Morgan fingerprint density at radius 3 is 2.50 bits per heavy atom. The van der Waals surface area contributed by atoms with E-state index < -0.39 is 21.5 Å². The molecule has 2 rings (SSSR count). The lowest BCUT2D eigenvalue weighted by molar-refractivity contribution is 0.0958. The van der Waals surface area contributed by atoms with Gasteiger partial charge in [0.1, 0.15) is 11.6 Å². The fourth-order valence-electron chi connectivity index (χ4n) is 1.67. The molecule has 2 aromatic rings. The highest BCUT2D eigenvalue weighted by molar-refractivity contribution is 7.92.